The van der Waals surface area contributed by atoms with Gasteiger partial charge in [-0.05, 0) is 24.0 Å². The van der Waals surface area contributed by atoms with Crippen LogP contribution in [0.1, 0.15) is 31.9 Å². The van der Waals surface area contributed by atoms with E-state index in [1.54, 1.807) is 6.07 Å². The predicted molar refractivity (Wildman–Crippen MR) is 71.7 cm³/mol. The number of halogens is 2. The molecule has 0 bridgehead atoms. The van der Waals surface area contributed by atoms with Gasteiger partial charge in [-0.25, -0.2) is 0 Å². The number of nitro groups is 1. The normalized spacial score (nSPS) is 12.1. The van der Waals surface area contributed by atoms with Crippen LogP contribution in [-0.4, -0.2) is 4.92 Å². The molecule has 0 unspecified atom stereocenters. The van der Waals surface area contributed by atoms with Crippen molar-refractivity contribution in [1.29, 1.82) is 0 Å². The van der Waals surface area contributed by atoms with E-state index in [-0.39, 0.29) is 29.2 Å². The molecule has 0 spiro atoms. The van der Waals surface area contributed by atoms with Gasteiger partial charge in [0.1, 0.15) is 5.02 Å². The number of hydrogen-bond donors (Lipinski definition) is 1. The number of nitrogens with zero attached hydrogens (tertiary/aromatic N) is 1. The molecule has 0 heterocycles. The van der Waals surface area contributed by atoms with Gasteiger partial charge in [-0.1, -0.05) is 31.5 Å². The number of hydrogen-bond acceptors (Lipinski definition) is 3. The summed E-state index contributed by atoms with van der Waals surface area (Å²) < 4.78 is 0. The van der Waals surface area contributed by atoms with Crippen LogP contribution in [0.2, 0.25) is 5.02 Å². The van der Waals surface area contributed by atoms with E-state index in [2.05, 4.69) is 13.8 Å². The van der Waals surface area contributed by atoms with E-state index < -0.39 is 4.92 Å². The molecule has 0 fully saturated rings. The zero-order chi connectivity index (χ0) is 12.3. The fourth-order valence-corrected chi connectivity index (χ4v) is 1.73. The maximum Gasteiger partial charge on any atom is 0.288 e. The molecule has 0 aliphatic carbocycles. The maximum absolute atomic E-state index is 10.7. The van der Waals surface area contributed by atoms with Gasteiger partial charge in [-0.15, -0.1) is 12.4 Å². The first kappa shape index (κ1) is 16.2. The lowest BCUT2D eigenvalue weighted by Gasteiger charge is -2.14. The number of nitro benzene ring substituents is 1. The van der Waals surface area contributed by atoms with Crippen molar-refractivity contribution in [3.8, 4) is 0 Å². The van der Waals surface area contributed by atoms with Gasteiger partial charge in [-0.3, -0.25) is 10.1 Å². The summed E-state index contributed by atoms with van der Waals surface area (Å²) in [5.74, 6) is 0.449. The molecule has 4 nitrogen and oxygen atoms in total. The summed E-state index contributed by atoms with van der Waals surface area (Å²) in [6, 6.07) is 4.53. The number of rotatable bonds is 4. The molecule has 0 aliphatic heterocycles. The van der Waals surface area contributed by atoms with Crippen molar-refractivity contribution in [2.75, 3.05) is 0 Å². The van der Waals surface area contributed by atoms with Gasteiger partial charge in [0.05, 0.1) is 4.92 Å². The topological polar surface area (TPSA) is 69.2 Å². The lowest BCUT2D eigenvalue weighted by atomic mass is 9.97. The van der Waals surface area contributed by atoms with Crippen molar-refractivity contribution < 1.29 is 4.92 Å². The third-order valence-electron chi connectivity index (χ3n) is 2.32. The van der Waals surface area contributed by atoms with E-state index in [9.17, 15) is 10.1 Å². The molecule has 0 radical (unpaired) electrons. The Morgan fingerprint density at radius 1 is 1.47 bits per heavy atom. The molecule has 96 valence electrons. The van der Waals surface area contributed by atoms with Crippen LogP contribution in [0.4, 0.5) is 5.69 Å². The minimum Gasteiger partial charge on any atom is -0.324 e. The molecule has 0 aliphatic rings. The second-order valence-electron chi connectivity index (χ2n) is 4.20. The van der Waals surface area contributed by atoms with Crippen molar-refractivity contribution in [1.82, 2.24) is 0 Å². The third kappa shape index (κ3) is 4.50. The Bertz CT molecular complexity index is 397. The Morgan fingerprint density at radius 3 is 2.53 bits per heavy atom. The van der Waals surface area contributed by atoms with E-state index in [0.717, 1.165) is 12.0 Å². The molecule has 1 aromatic rings. The summed E-state index contributed by atoms with van der Waals surface area (Å²) in [6.07, 6.45) is 0.790. The fraction of sp³-hybridized carbons (Fsp3) is 0.455. The molecule has 0 amide bonds. The molecule has 2 N–H and O–H groups in total. The Balaban J connectivity index is 0.00000256. The summed E-state index contributed by atoms with van der Waals surface area (Å²) in [7, 11) is 0. The predicted octanol–water partition coefficient (Wildman–Crippen LogP) is 3.72. The van der Waals surface area contributed by atoms with Gasteiger partial charge in [-0.2, -0.15) is 0 Å². The number of benzene rings is 1. The Kier molecular flexibility index (Phi) is 6.45. The van der Waals surface area contributed by atoms with E-state index in [1.807, 2.05) is 0 Å². The van der Waals surface area contributed by atoms with Crippen LogP contribution in [0.5, 0.6) is 0 Å². The van der Waals surface area contributed by atoms with Gasteiger partial charge >= 0.3 is 0 Å². The SMILES string of the molecule is CC(C)C[C@H](N)c1ccc(Cl)c([N+](=O)[O-])c1.Cl. The fourth-order valence-electron chi connectivity index (χ4n) is 1.54. The lowest BCUT2D eigenvalue weighted by Crippen LogP contribution is -2.13. The van der Waals surface area contributed by atoms with Crippen LogP contribution < -0.4 is 5.73 Å². The summed E-state index contributed by atoms with van der Waals surface area (Å²) in [4.78, 5) is 10.2. The zero-order valence-corrected chi connectivity index (χ0v) is 11.3. The third-order valence-corrected chi connectivity index (χ3v) is 2.64. The molecule has 0 saturated heterocycles. The first-order valence-corrected chi connectivity index (χ1v) is 5.49. The standard InChI is InChI=1S/C11H15ClN2O2.ClH/c1-7(2)5-10(13)8-3-4-9(12)11(6-8)14(15)16;/h3-4,6-7,10H,5,13H2,1-2H3;1H/t10-;/m0./s1. The van der Waals surface area contributed by atoms with E-state index in [4.69, 9.17) is 17.3 Å². The summed E-state index contributed by atoms with van der Waals surface area (Å²) in [5.41, 5.74) is 6.62. The van der Waals surface area contributed by atoms with Gasteiger partial charge in [0.25, 0.3) is 5.69 Å². The van der Waals surface area contributed by atoms with Crippen LogP contribution in [0.25, 0.3) is 0 Å². The van der Waals surface area contributed by atoms with Crippen molar-refractivity contribution in [2.24, 2.45) is 11.7 Å². The average molecular weight is 279 g/mol. The summed E-state index contributed by atoms with van der Waals surface area (Å²) in [5, 5.41) is 10.8. The molecular formula is C11H16Cl2N2O2. The van der Waals surface area contributed by atoms with Crippen molar-refractivity contribution in [3.63, 3.8) is 0 Å². The van der Waals surface area contributed by atoms with E-state index >= 15 is 0 Å². The highest BCUT2D eigenvalue weighted by Gasteiger charge is 2.16. The molecule has 6 heteroatoms. The average Bonchev–Trinajstić information content (AvgIpc) is 2.16. The summed E-state index contributed by atoms with van der Waals surface area (Å²) in [6.45, 7) is 4.12. The lowest BCUT2D eigenvalue weighted by molar-refractivity contribution is -0.384. The Morgan fingerprint density at radius 2 is 2.06 bits per heavy atom. The van der Waals surface area contributed by atoms with Gasteiger partial charge < -0.3 is 5.73 Å². The first-order valence-electron chi connectivity index (χ1n) is 5.11. The van der Waals surface area contributed by atoms with Crippen LogP contribution in [0.3, 0.4) is 0 Å². The molecule has 1 atom stereocenters. The second-order valence-corrected chi connectivity index (χ2v) is 4.61. The highest BCUT2D eigenvalue weighted by Crippen LogP contribution is 2.28. The Labute approximate surface area is 112 Å². The number of nitrogens with two attached hydrogens (primary N) is 1. The minimum atomic E-state index is -0.492. The van der Waals surface area contributed by atoms with Gasteiger partial charge in [0, 0.05) is 12.1 Å². The largest absolute Gasteiger partial charge is 0.324 e. The molecule has 0 aromatic heterocycles. The quantitative estimate of drug-likeness (QED) is 0.674. The summed E-state index contributed by atoms with van der Waals surface area (Å²) >= 11 is 5.72. The maximum atomic E-state index is 10.7. The molecular weight excluding hydrogens is 263 g/mol. The van der Waals surface area contributed by atoms with Gasteiger partial charge in [0.15, 0.2) is 0 Å². The van der Waals surface area contributed by atoms with Crippen molar-refractivity contribution in [3.05, 3.63) is 38.9 Å². The van der Waals surface area contributed by atoms with Crippen LogP contribution in [0, 0.1) is 16.0 Å². The monoisotopic (exact) mass is 278 g/mol. The van der Waals surface area contributed by atoms with Crippen LogP contribution in [-0.2, 0) is 0 Å². The highest BCUT2D eigenvalue weighted by atomic mass is 35.5. The second kappa shape index (κ2) is 6.79. The van der Waals surface area contributed by atoms with E-state index in [0.29, 0.717) is 5.92 Å². The molecule has 1 rings (SSSR count). The van der Waals surface area contributed by atoms with Crippen LogP contribution >= 0.6 is 24.0 Å². The first-order chi connectivity index (χ1) is 7.41. The van der Waals surface area contributed by atoms with E-state index in [1.165, 1.54) is 12.1 Å². The van der Waals surface area contributed by atoms with Crippen molar-refractivity contribution in [2.45, 2.75) is 26.3 Å². The van der Waals surface area contributed by atoms with Crippen LogP contribution in [0.15, 0.2) is 18.2 Å². The Hall–Kier alpha value is -0.840. The zero-order valence-electron chi connectivity index (χ0n) is 9.72. The molecule has 0 saturated carbocycles. The van der Waals surface area contributed by atoms with Crippen molar-refractivity contribution >= 4 is 29.7 Å². The smallest absolute Gasteiger partial charge is 0.288 e. The molecule has 1 aromatic carbocycles. The highest BCUT2D eigenvalue weighted by molar-refractivity contribution is 6.32. The molecule has 17 heavy (non-hydrogen) atoms. The minimum absolute atomic E-state index is 0. The van der Waals surface area contributed by atoms with Gasteiger partial charge in [0.2, 0.25) is 0 Å².